The Morgan fingerprint density at radius 1 is 1.52 bits per heavy atom. The van der Waals surface area contributed by atoms with Crippen LogP contribution in [0.1, 0.15) is 18.4 Å². The zero-order valence-electron chi connectivity index (χ0n) is 11.8. The number of hydrogen-bond acceptors (Lipinski definition) is 5. The summed E-state index contributed by atoms with van der Waals surface area (Å²) in [6, 6.07) is 2.73. The first kappa shape index (κ1) is 16.5. The predicted octanol–water partition coefficient (Wildman–Crippen LogP) is 1.26. The van der Waals surface area contributed by atoms with Crippen molar-refractivity contribution >= 4 is 21.6 Å². The van der Waals surface area contributed by atoms with Crippen LogP contribution in [0.2, 0.25) is 5.02 Å². The van der Waals surface area contributed by atoms with Gasteiger partial charge >= 0.3 is 0 Å². The van der Waals surface area contributed by atoms with Gasteiger partial charge in [-0.15, -0.1) is 0 Å². The van der Waals surface area contributed by atoms with E-state index in [1.54, 1.807) is 6.07 Å². The number of ether oxygens (including phenoxy) is 2. The van der Waals surface area contributed by atoms with Gasteiger partial charge in [0, 0.05) is 29.8 Å². The number of nitrogens with two attached hydrogens (primary N) is 1. The van der Waals surface area contributed by atoms with E-state index in [9.17, 15) is 8.42 Å². The van der Waals surface area contributed by atoms with Gasteiger partial charge in [0.05, 0.1) is 13.7 Å². The van der Waals surface area contributed by atoms with Crippen LogP contribution >= 0.6 is 11.6 Å². The maximum atomic E-state index is 12.6. The molecule has 6 nitrogen and oxygen atoms in total. The predicted molar refractivity (Wildman–Crippen MR) is 80.1 cm³/mol. The van der Waals surface area contributed by atoms with Crippen LogP contribution in [0.3, 0.4) is 0 Å². The van der Waals surface area contributed by atoms with E-state index in [4.69, 9.17) is 26.8 Å². The van der Waals surface area contributed by atoms with Crippen LogP contribution in [0.15, 0.2) is 17.0 Å². The second-order valence-corrected chi connectivity index (χ2v) is 6.95. The largest absolute Gasteiger partial charge is 0.495 e. The Morgan fingerprint density at radius 3 is 2.86 bits per heavy atom. The molecule has 0 amide bonds. The maximum absolute atomic E-state index is 12.6. The molecule has 8 heteroatoms. The molecule has 118 valence electrons. The number of rotatable bonds is 5. The monoisotopic (exact) mass is 334 g/mol. The van der Waals surface area contributed by atoms with Crippen molar-refractivity contribution in [3.05, 3.63) is 22.7 Å². The number of halogens is 1. The Hall–Kier alpha value is -0.860. The lowest BCUT2D eigenvalue weighted by molar-refractivity contribution is 0.0774. The van der Waals surface area contributed by atoms with Crippen molar-refractivity contribution in [1.82, 2.24) is 4.72 Å². The second-order valence-electron chi connectivity index (χ2n) is 4.84. The Labute approximate surface area is 129 Å². The zero-order valence-corrected chi connectivity index (χ0v) is 13.3. The van der Waals surface area contributed by atoms with E-state index in [-0.39, 0.29) is 23.2 Å². The van der Waals surface area contributed by atoms with Gasteiger partial charge in [-0.05, 0) is 25.0 Å². The summed E-state index contributed by atoms with van der Waals surface area (Å²) < 4.78 is 38.2. The first-order valence-electron chi connectivity index (χ1n) is 6.64. The molecule has 0 bridgehead atoms. The molecular formula is C13H19ClN2O4S. The van der Waals surface area contributed by atoms with Gasteiger partial charge < -0.3 is 15.2 Å². The minimum absolute atomic E-state index is 0.00326. The van der Waals surface area contributed by atoms with Gasteiger partial charge in [0.1, 0.15) is 10.6 Å². The number of sulfonamides is 1. The van der Waals surface area contributed by atoms with Gasteiger partial charge in [-0.2, -0.15) is 0 Å². The van der Waals surface area contributed by atoms with Gasteiger partial charge in [0.15, 0.2) is 0 Å². The van der Waals surface area contributed by atoms with Crippen molar-refractivity contribution in [2.75, 3.05) is 20.3 Å². The first-order chi connectivity index (χ1) is 9.97. The standard InChI is InChI=1S/C13H19ClN2O4S/c1-19-13-9(7-15)5-10(14)6-12(13)21(17,18)16-11-3-2-4-20-8-11/h5-6,11,16H,2-4,7-8,15H2,1H3. The van der Waals surface area contributed by atoms with Gasteiger partial charge in [0.25, 0.3) is 0 Å². The number of benzene rings is 1. The maximum Gasteiger partial charge on any atom is 0.244 e. The average molecular weight is 335 g/mol. The third-order valence-electron chi connectivity index (χ3n) is 3.29. The fourth-order valence-corrected chi connectivity index (χ4v) is 4.12. The average Bonchev–Trinajstić information content (AvgIpc) is 2.46. The van der Waals surface area contributed by atoms with E-state index < -0.39 is 10.0 Å². The highest BCUT2D eigenvalue weighted by Crippen LogP contribution is 2.31. The van der Waals surface area contributed by atoms with E-state index in [2.05, 4.69) is 4.72 Å². The highest BCUT2D eigenvalue weighted by atomic mass is 35.5. The molecule has 0 saturated carbocycles. The molecule has 1 aliphatic rings. The lowest BCUT2D eigenvalue weighted by atomic mass is 10.1. The fraction of sp³-hybridized carbons (Fsp3) is 0.538. The number of methoxy groups -OCH3 is 1. The zero-order chi connectivity index (χ0) is 15.5. The molecule has 0 radical (unpaired) electrons. The highest BCUT2D eigenvalue weighted by molar-refractivity contribution is 7.89. The van der Waals surface area contributed by atoms with E-state index >= 15 is 0 Å². The van der Waals surface area contributed by atoms with Gasteiger partial charge in [0.2, 0.25) is 10.0 Å². The van der Waals surface area contributed by atoms with E-state index in [0.29, 0.717) is 23.8 Å². The third kappa shape index (κ3) is 3.87. The molecule has 0 spiro atoms. The van der Waals surface area contributed by atoms with Crippen molar-refractivity contribution in [2.24, 2.45) is 5.73 Å². The summed E-state index contributed by atoms with van der Waals surface area (Å²) in [5, 5.41) is 0.302. The smallest absolute Gasteiger partial charge is 0.244 e. The molecule has 1 aromatic rings. The van der Waals surface area contributed by atoms with Crippen LogP contribution in [0.25, 0.3) is 0 Å². The number of hydrogen-bond donors (Lipinski definition) is 2. The van der Waals surface area contributed by atoms with Crippen molar-refractivity contribution in [3.8, 4) is 5.75 Å². The van der Waals surface area contributed by atoms with Crippen molar-refractivity contribution in [2.45, 2.75) is 30.3 Å². The molecular weight excluding hydrogens is 316 g/mol. The van der Waals surface area contributed by atoms with E-state index in [0.717, 1.165) is 12.8 Å². The topological polar surface area (TPSA) is 90.7 Å². The summed E-state index contributed by atoms with van der Waals surface area (Å²) in [6.45, 7) is 1.17. The van der Waals surface area contributed by atoms with Crippen LogP contribution in [-0.4, -0.2) is 34.8 Å². The summed E-state index contributed by atoms with van der Waals surface area (Å²) in [5.41, 5.74) is 6.16. The second kappa shape index (κ2) is 6.93. The van der Waals surface area contributed by atoms with Crippen LogP contribution < -0.4 is 15.2 Å². The van der Waals surface area contributed by atoms with Crippen molar-refractivity contribution < 1.29 is 17.9 Å². The summed E-state index contributed by atoms with van der Waals surface area (Å²) in [6.07, 6.45) is 1.57. The molecule has 1 aliphatic heterocycles. The molecule has 0 aromatic heterocycles. The molecule has 0 aliphatic carbocycles. The minimum atomic E-state index is -3.75. The summed E-state index contributed by atoms with van der Waals surface area (Å²) in [7, 11) is -2.34. The third-order valence-corrected chi connectivity index (χ3v) is 5.04. The molecule has 1 heterocycles. The van der Waals surface area contributed by atoms with E-state index in [1.165, 1.54) is 13.2 Å². The molecule has 1 fully saturated rings. The Balaban J connectivity index is 2.36. The molecule has 3 N–H and O–H groups in total. The van der Waals surface area contributed by atoms with Crippen molar-refractivity contribution in [3.63, 3.8) is 0 Å². The quantitative estimate of drug-likeness (QED) is 0.846. The first-order valence-corrected chi connectivity index (χ1v) is 8.50. The Bertz CT molecular complexity index is 600. The Morgan fingerprint density at radius 2 is 2.29 bits per heavy atom. The van der Waals surface area contributed by atoms with Crippen LogP contribution in [0.5, 0.6) is 5.75 Å². The molecule has 2 rings (SSSR count). The minimum Gasteiger partial charge on any atom is -0.495 e. The lowest BCUT2D eigenvalue weighted by Gasteiger charge is -2.23. The summed E-state index contributed by atoms with van der Waals surface area (Å²) in [5.74, 6) is 0.228. The van der Waals surface area contributed by atoms with Gasteiger partial charge in [-0.25, -0.2) is 13.1 Å². The van der Waals surface area contributed by atoms with Crippen molar-refractivity contribution in [1.29, 1.82) is 0 Å². The Kier molecular flexibility index (Phi) is 5.45. The molecule has 21 heavy (non-hydrogen) atoms. The molecule has 1 aromatic carbocycles. The highest BCUT2D eigenvalue weighted by Gasteiger charge is 2.26. The van der Waals surface area contributed by atoms with Crippen LogP contribution in [0, 0.1) is 0 Å². The summed E-state index contributed by atoms with van der Waals surface area (Å²) in [4.78, 5) is 0.00326. The van der Waals surface area contributed by atoms with Crippen LogP contribution in [-0.2, 0) is 21.3 Å². The number of nitrogens with one attached hydrogen (secondary N) is 1. The lowest BCUT2D eigenvalue weighted by Crippen LogP contribution is -2.40. The van der Waals surface area contributed by atoms with Gasteiger partial charge in [-0.1, -0.05) is 11.6 Å². The molecule has 1 unspecified atom stereocenters. The molecule has 1 atom stereocenters. The summed E-state index contributed by atoms with van der Waals surface area (Å²) >= 11 is 5.98. The molecule has 1 saturated heterocycles. The SMILES string of the molecule is COc1c(CN)cc(Cl)cc1S(=O)(=O)NC1CCCOC1. The van der Waals surface area contributed by atoms with E-state index in [1.807, 2.05) is 0 Å². The fourth-order valence-electron chi connectivity index (χ4n) is 2.32. The van der Waals surface area contributed by atoms with Crippen LogP contribution in [0.4, 0.5) is 0 Å². The van der Waals surface area contributed by atoms with Gasteiger partial charge in [-0.3, -0.25) is 0 Å². The normalized spacial score (nSPS) is 19.5.